The summed E-state index contributed by atoms with van der Waals surface area (Å²) in [6, 6.07) is 14.7. The standard InChI is InChI=1S/C23H23N5O3S/c1-31-17-9-7-8-16(14-17)27-21(30)18-10-3-4-11-19(18)28-22(27)24-25-23(28)32-15-20(29)26-12-5-2-6-13-26/h3-4,7-11,14H,2,5-6,12-13,15H2,1H3. The van der Waals surface area contributed by atoms with E-state index in [2.05, 4.69) is 10.2 Å². The van der Waals surface area contributed by atoms with Gasteiger partial charge in [-0.3, -0.25) is 14.0 Å². The number of piperidine rings is 1. The molecule has 164 valence electrons. The maximum Gasteiger partial charge on any atom is 0.267 e. The van der Waals surface area contributed by atoms with Crippen molar-refractivity contribution in [2.24, 2.45) is 0 Å². The van der Waals surface area contributed by atoms with E-state index in [0.717, 1.165) is 25.9 Å². The van der Waals surface area contributed by atoms with E-state index in [1.807, 2.05) is 45.7 Å². The van der Waals surface area contributed by atoms with Crippen LogP contribution in [0.4, 0.5) is 0 Å². The minimum absolute atomic E-state index is 0.108. The van der Waals surface area contributed by atoms with Crippen molar-refractivity contribution in [3.8, 4) is 11.4 Å². The number of hydrogen-bond acceptors (Lipinski definition) is 6. The summed E-state index contributed by atoms with van der Waals surface area (Å²) in [6.07, 6.45) is 3.29. The fourth-order valence-electron chi connectivity index (χ4n) is 4.12. The maximum absolute atomic E-state index is 13.4. The molecule has 4 aromatic rings. The van der Waals surface area contributed by atoms with Gasteiger partial charge in [-0.2, -0.15) is 0 Å². The fourth-order valence-corrected chi connectivity index (χ4v) is 4.96. The lowest BCUT2D eigenvalue weighted by molar-refractivity contribution is -0.129. The van der Waals surface area contributed by atoms with Gasteiger partial charge in [0.25, 0.3) is 5.56 Å². The first kappa shape index (κ1) is 20.6. The molecule has 0 saturated carbocycles. The molecule has 2 aromatic carbocycles. The van der Waals surface area contributed by atoms with Crippen molar-refractivity contribution in [3.05, 3.63) is 58.9 Å². The van der Waals surface area contributed by atoms with E-state index < -0.39 is 0 Å². The Morgan fingerprint density at radius 1 is 1.06 bits per heavy atom. The van der Waals surface area contributed by atoms with Gasteiger partial charge in [-0.25, -0.2) is 4.57 Å². The molecule has 8 nitrogen and oxygen atoms in total. The number of methoxy groups -OCH3 is 1. The molecule has 9 heteroatoms. The Labute approximate surface area is 188 Å². The lowest BCUT2D eigenvalue weighted by Gasteiger charge is -2.26. The number of amides is 1. The van der Waals surface area contributed by atoms with Gasteiger partial charge in [0.1, 0.15) is 5.75 Å². The van der Waals surface area contributed by atoms with Gasteiger partial charge >= 0.3 is 0 Å². The van der Waals surface area contributed by atoms with Gasteiger partial charge in [-0.1, -0.05) is 30.0 Å². The smallest absolute Gasteiger partial charge is 0.267 e. The van der Waals surface area contributed by atoms with E-state index in [1.54, 1.807) is 19.2 Å². The van der Waals surface area contributed by atoms with Crippen molar-refractivity contribution >= 4 is 34.3 Å². The minimum atomic E-state index is -0.185. The maximum atomic E-state index is 13.4. The number of nitrogens with zero attached hydrogens (tertiary/aromatic N) is 5. The molecule has 3 heterocycles. The largest absolute Gasteiger partial charge is 0.497 e. The summed E-state index contributed by atoms with van der Waals surface area (Å²) in [7, 11) is 1.59. The molecule has 0 N–H and O–H groups in total. The fraction of sp³-hybridized carbons (Fsp3) is 0.304. The second kappa shape index (κ2) is 8.66. The molecule has 0 radical (unpaired) electrons. The Morgan fingerprint density at radius 3 is 2.69 bits per heavy atom. The van der Waals surface area contributed by atoms with Gasteiger partial charge < -0.3 is 9.64 Å². The summed E-state index contributed by atoms with van der Waals surface area (Å²) in [5.74, 6) is 1.43. The minimum Gasteiger partial charge on any atom is -0.497 e. The third kappa shape index (κ3) is 3.62. The molecule has 0 unspecified atom stereocenters. The highest BCUT2D eigenvalue weighted by molar-refractivity contribution is 7.99. The predicted molar refractivity (Wildman–Crippen MR) is 124 cm³/mol. The summed E-state index contributed by atoms with van der Waals surface area (Å²) in [5.41, 5.74) is 1.16. The number of fused-ring (bicyclic) bond motifs is 3. The van der Waals surface area contributed by atoms with Gasteiger partial charge in [-0.05, 0) is 43.5 Å². The highest BCUT2D eigenvalue weighted by Crippen LogP contribution is 2.25. The molecule has 0 aliphatic carbocycles. The van der Waals surface area contributed by atoms with Gasteiger partial charge in [-0.15, -0.1) is 10.2 Å². The summed E-state index contributed by atoms with van der Waals surface area (Å²) >= 11 is 1.35. The van der Waals surface area contributed by atoms with Crippen molar-refractivity contribution in [1.82, 2.24) is 24.1 Å². The number of thioether (sulfide) groups is 1. The topological polar surface area (TPSA) is 81.7 Å². The predicted octanol–water partition coefficient (Wildman–Crippen LogP) is 3.15. The Morgan fingerprint density at radius 2 is 1.88 bits per heavy atom. The average molecular weight is 450 g/mol. The number of hydrogen-bond donors (Lipinski definition) is 0. The Hall–Kier alpha value is -3.33. The number of benzene rings is 2. The van der Waals surface area contributed by atoms with Crippen LogP contribution in [-0.4, -0.2) is 55.9 Å². The van der Waals surface area contributed by atoms with E-state index in [4.69, 9.17) is 4.74 Å². The van der Waals surface area contributed by atoms with Crippen LogP contribution < -0.4 is 10.3 Å². The highest BCUT2D eigenvalue weighted by atomic mass is 32.2. The molecular formula is C23H23N5O3S. The number of carbonyl (C=O) groups is 1. The first-order chi connectivity index (χ1) is 15.7. The van der Waals surface area contributed by atoms with Crippen LogP contribution >= 0.6 is 11.8 Å². The first-order valence-electron chi connectivity index (χ1n) is 10.6. The summed E-state index contributed by atoms with van der Waals surface area (Å²) in [4.78, 5) is 28.0. The third-order valence-corrected chi connectivity index (χ3v) is 6.65. The molecular weight excluding hydrogens is 426 g/mol. The molecule has 1 aliphatic heterocycles. The van der Waals surface area contributed by atoms with Gasteiger partial charge in [0, 0.05) is 19.2 Å². The molecule has 1 saturated heterocycles. The van der Waals surface area contributed by atoms with Crippen molar-refractivity contribution in [1.29, 1.82) is 0 Å². The van der Waals surface area contributed by atoms with Crippen LogP contribution in [0.3, 0.4) is 0 Å². The molecule has 1 amide bonds. The zero-order valence-electron chi connectivity index (χ0n) is 17.7. The molecule has 1 aliphatic rings. The van der Waals surface area contributed by atoms with Crippen LogP contribution in [0.25, 0.3) is 22.4 Å². The number of carbonyl (C=O) groups excluding carboxylic acids is 1. The van der Waals surface area contributed by atoms with Crippen LogP contribution in [0, 0.1) is 0 Å². The zero-order valence-corrected chi connectivity index (χ0v) is 18.5. The molecule has 1 fully saturated rings. The highest BCUT2D eigenvalue weighted by Gasteiger charge is 2.21. The Balaban J connectivity index is 1.61. The Kier molecular flexibility index (Phi) is 5.57. The van der Waals surface area contributed by atoms with Crippen LogP contribution in [0.15, 0.2) is 58.5 Å². The lowest BCUT2D eigenvalue weighted by atomic mass is 10.1. The monoisotopic (exact) mass is 449 g/mol. The Bertz CT molecular complexity index is 1360. The van der Waals surface area contributed by atoms with E-state index in [9.17, 15) is 9.59 Å². The second-order valence-corrected chi connectivity index (χ2v) is 8.65. The summed E-state index contributed by atoms with van der Waals surface area (Å²) in [5, 5.41) is 9.82. The summed E-state index contributed by atoms with van der Waals surface area (Å²) < 4.78 is 8.73. The third-order valence-electron chi connectivity index (χ3n) is 5.74. The first-order valence-corrected chi connectivity index (χ1v) is 11.6. The molecule has 0 bridgehead atoms. The quantitative estimate of drug-likeness (QED) is 0.436. The average Bonchev–Trinajstić information content (AvgIpc) is 3.27. The van der Waals surface area contributed by atoms with E-state index in [-0.39, 0.29) is 17.2 Å². The molecule has 2 aromatic heterocycles. The van der Waals surface area contributed by atoms with Crippen LogP contribution in [0.1, 0.15) is 19.3 Å². The van der Waals surface area contributed by atoms with Crippen LogP contribution in [0.5, 0.6) is 5.75 Å². The molecule has 32 heavy (non-hydrogen) atoms. The lowest BCUT2D eigenvalue weighted by Crippen LogP contribution is -2.36. The van der Waals surface area contributed by atoms with Crippen molar-refractivity contribution in [2.45, 2.75) is 24.4 Å². The van der Waals surface area contributed by atoms with Gasteiger partial charge in [0.15, 0.2) is 5.16 Å². The SMILES string of the molecule is COc1cccc(-n2c(=O)c3ccccc3n3c(SCC(=O)N4CCCCC4)nnc23)c1. The van der Waals surface area contributed by atoms with Crippen molar-refractivity contribution < 1.29 is 9.53 Å². The number of rotatable bonds is 5. The van der Waals surface area contributed by atoms with Crippen molar-refractivity contribution in [2.75, 3.05) is 26.0 Å². The van der Waals surface area contributed by atoms with Crippen LogP contribution in [0.2, 0.25) is 0 Å². The number of para-hydroxylation sites is 1. The van der Waals surface area contributed by atoms with E-state index >= 15 is 0 Å². The van der Waals surface area contributed by atoms with Crippen LogP contribution in [-0.2, 0) is 4.79 Å². The zero-order chi connectivity index (χ0) is 22.1. The van der Waals surface area contributed by atoms with Crippen molar-refractivity contribution in [3.63, 3.8) is 0 Å². The normalized spacial score (nSPS) is 14.2. The molecule has 0 atom stereocenters. The number of aromatic nitrogens is 4. The van der Waals surface area contributed by atoms with E-state index in [0.29, 0.717) is 33.3 Å². The molecule has 5 rings (SSSR count). The van der Waals surface area contributed by atoms with Gasteiger partial charge in [0.05, 0.1) is 29.5 Å². The van der Waals surface area contributed by atoms with E-state index in [1.165, 1.54) is 22.7 Å². The van der Waals surface area contributed by atoms with Gasteiger partial charge in [0.2, 0.25) is 11.7 Å². The molecule has 0 spiro atoms. The number of likely N-dealkylation sites (tertiary alicyclic amines) is 1. The summed E-state index contributed by atoms with van der Waals surface area (Å²) in [6.45, 7) is 1.64. The second-order valence-electron chi connectivity index (χ2n) is 7.71. The number of ether oxygens (including phenoxy) is 1.